The second-order valence-corrected chi connectivity index (χ2v) is 7.78. The van der Waals surface area contributed by atoms with E-state index in [-0.39, 0.29) is 17.9 Å². The summed E-state index contributed by atoms with van der Waals surface area (Å²) in [4.78, 5) is 17.0. The number of carbonyl (C=O) groups is 1. The monoisotopic (exact) mass is 396 g/mol. The van der Waals surface area contributed by atoms with Crippen molar-refractivity contribution in [3.05, 3.63) is 53.1 Å². The van der Waals surface area contributed by atoms with Gasteiger partial charge in [-0.2, -0.15) is 10.4 Å². The second-order valence-electron chi connectivity index (χ2n) is 7.78. The third-order valence-corrected chi connectivity index (χ3v) is 5.57. The molecule has 0 unspecified atom stereocenters. The molecule has 1 atom stereocenters. The molecular weight excluding hydrogens is 371 g/mol. The van der Waals surface area contributed by atoms with Gasteiger partial charge in [0.1, 0.15) is 11.9 Å². The van der Waals surface area contributed by atoms with Crippen molar-refractivity contribution in [1.29, 1.82) is 5.26 Å². The molecule has 1 saturated heterocycles. The Bertz CT molecular complexity index is 903. The topological polar surface area (TPSA) is 77.2 Å². The van der Waals surface area contributed by atoms with Gasteiger partial charge < -0.3 is 10.2 Å². The van der Waals surface area contributed by atoms with Crippen LogP contribution in [0.3, 0.4) is 0 Å². The zero-order valence-corrected chi connectivity index (χ0v) is 16.4. The summed E-state index contributed by atoms with van der Waals surface area (Å²) in [5.41, 5.74) is 2.37. The predicted octanol–water partition coefficient (Wildman–Crippen LogP) is 2.47. The van der Waals surface area contributed by atoms with Crippen molar-refractivity contribution in [2.45, 2.75) is 44.9 Å². The maximum Gasteiger partial charge on any atom is 0.318 e. The highest BCUT2D eigenvalue weighted by molar-refractivity contribution is 5.74. The Hall–Kier alpha value is -2.92. The summed E-state index contributed by atoms with van der Waals surface area (Å²) < 4.78 is 14.9. The van der Waals surface area contributed by atoms with Gasteiger partial charge in [-0.25, -0.2) is 9.18 Å². The van der Waals surface area contributed by atoms with Gasteiger partial charge in [0.25, 0.3) is 0 Å². The summed E-state index contributed by atoms with van der Waals surface area (Å²) in [6.07, 6.45) is 2.79. The van der Waals surface area contributed by atoms with Crippen LogP contribution in [-0.4, -0.2) is 51.3 Å². The van der Waals surface area contributed by atoms with Gasteiger partial charge >= 0.3 is 6.03 Å². The molecule has 1 fully saturated rings. The number of hydrogen-bond acceptors (Lipinski definition) is 4. The van der Waals surface area contributed by atoms with Gasteiger partial charge in [0, 0.05) is 32.2 Å². The van der Waals surface area contributed by atoms with Crippen LogP contribution >= 0.6 is 0 Å². The number of amides is 2. The molecule has 1 N–H and O–H groups in total. The summed E-state index contributed by atoms with van der Waals surface area (Å²) in [5.74, 6) is -0.224. The Morgan fingerprint density at radius 3 is 2.86 bits per heavy atom. The van der Waals surface area contributed by atoms with E-state index in [0.717, 1.165) is 56.7 Å². The fraction of sp³-hybridized carbons (Fsp3) is 0.476. The van der Waals surface area contributed by atoms with Crippen molar-refractivity contribution in [3.63, 3.8) is 0 Å². The third-order valence-electron chi connectivity index (χ3n) is 5.57. The van der Waals surface area contributed by atoms with Gasteiger partial charge in [-0.15, -0.1) is 0 Å². The van der Waals surface area contributed by atoms with Crippen LogP contribution in [0, 0.1) is 17.1 Å². The van der Waals surface area contributed by atoms with Crippen LogP contribution < -0.4 is 5.32 Å². The van der Waals surface area contributed by atoms with Gasteiger partial charge in [-0.1, -0.05) is 12.1 Å². The molecule has 29 heavy (non-hydrogen) atoms. The molecule has 4 rings (SSSR count). The first-order chi connectivity index (χ1) is 14.1. The molecule has 2 aromatic rings. The Morgan fingerprint density at radius 1 is 1.24 bits per heavy atom. The van der Waals surface area contributed by atoms with Gasteiger partial charge in [0.15, 0.2) is 5.69 Å². The molecule has 3 heterocycles. The summed E-state index contributed by atoms with van der Waals surface area (Å²) >= 11 is 0. The maximum absolute atomic E-state index is 13.1. The minimum atomic E-state index is -0.224. The molecule has 0 saturated carbocycles. The van der Waals surface area contributed by atoms with Gasteiger partial charge in [-0.05, 0) is 49.6 Å². The Balaban J connectivity index is 1.34. The molecule has 2 amide bonds. The lowest BCUT2D eigenvalue weighted by Crippen LogP contribution is -2.51. The lowest BCUT2D eigenvalue weighted by molar-refractivity contribution is 0.162. The lowest BCUT2D eigenvalue weighted by atomic mass is 10.0. The van der Waals surface area contributed by atoms with E-state index in [1.807, 2.05) is 16.8 Å². The Labute approximate surface area is 169 Å². The normalized spacial score (nSPS) is 19.9. The highest BCUT2D eigenvalue weighted by Crippen LogP contribution is 2.17. The predicted molar refractivity (Wildman–Crippen MR) is 105 cm³/mol. The van der Waals surface area contributed by atoms with Crippen molar-refractivity contribution >= 4 is 6.03 Å². The highest BCUT2D eigenvalue weighted by atomic mass is 19.1. The van der Waals surface area contributed by atoms with Gasteiger partial charge in [-0.3, -0.25) is 9.58 Å². The van der Waals surface area contributed by atoms with Crippen LogP contribution in [-0.2, 0) is 19.6 Å². The molecule has 7 nitrogen and oxygen atoms in total. The number of nitrogens with zero attached hydrogens (tertiary/aromatic N) is 5. The number of carbonyl (C=O) groups excluding carboxylic acids is 1. The van der Waals surface area contributed by atoms with Crippen LogP contribution in [0.2, 0.25) is 0 Å². The number of aryl methyl sites for hydroxylation is 1. The fourth-order valence-electron chi connectivity index (χ4n) is 4.12. The number of hydrogen-bond donors (Lipinski definition) is 1. The standard InChI is InChI=1S/C21H25FN6O/c22-17-6-4-16(5-7-17)13-26-8-1-3-18(14-26)24-21(29)27-9-2-10-28-20(15-27)11-19(12-23)25-28/h4-7,11,18H,1-3,8-10,13-15H2,(H,24,29)/t18-/m0/s1. The van der Waals surface area contributed by atoms with Crippen molar-refractivity contribution in [2.75, 3.05) is 19.6 Å². The number of piperidine rings is 1. The number of urea groups is 1. The van der Waals surface area contributed by atoms with Crippen LogP contribution in [0.15, 0.2) is 30.3 Å². The summed E-state index contributed by atoms with van der Waals surface area (Å²) in [5, 5.41) is 16.5. The molecule has 0 spiro atoms. The van der Waals surface area contributed by atoms with Crippen LogP contribution in [0.4, 0.5) is 9.18 Å². The number of rotatable bonds is 3. The number of halogens is 1. The number of nitrogens with one attached hydrogen (secondary N) is 1. The molecule has 2 aliphatic heterocycles. The number of aromatic nitrogens is 2. The molecule has 152 valence electrons. The largest absolute Gasteiger partial charge is 0.334 e. The quantitative estimate of drug-likeness (QED) is 0.865. The van der Waals surface area contributed by atoms with Crippen molar-refractivity contribution in [3.8, 4) is 6.07 Å². The molecule has 2 aliphatic rings. The number of benzene rings is 1. The molecule has 1 aromatic carbocycles. The maximum atomic E-state index is 13.1. The first kappa shape index (κ1) is 19.4. The molecule has 0 bridgehead atoms. The van der Waals surface area contributed by atoms with E-state index in [2.05, 4.69) is 21.4 Å². The van der Waals surface area contributed by atoms with E-state index in [1.165, 1.54) is 12.1 Å². The average molecular weight is 396 g/mol. The van der Waals surface area contributed by atoms with Crippen molar-refractivity contribution in [2.24, 2.45) is 0 Å². The SMILES string of the molecule is N#Cc1cc2n(n1)CCCN(C(=O)N[C@H]1CCCN(Cc3ccc(F)cc3)C1)C2. The Morgan fingerprint density at radius 2 is 2.07 bits per heavy atom. The smallest absolute Gasteiger partial charge is 0.318 e. The average Bonchev–Trinajstić information content (AvgIpc) is 3.00. The molecule has 8 heteroatoms. The molecule has 1 aromatic heterocycles. The first-order valence-corrected chi connectivity index (χ1v) is 10.1. The zero-order chi connectivity index (χ0) is 20.2. The number of nitriles is 1. The fourth-order valence-corrected chi connectivity index (χ4v) is 4.12. The van der Waals surface area contributed by atoms with Crippen molar-refractivity contribution in [1.82, 2.24) is 24.9 Å². The minimum absolute atomic E-state index is 0.0632. The summed E-state index contributed by atoms with van der Waals surface area (Å²) in [7, 11) is 0. The van der Waals surface area contributed by atoms with Crippen molar-refractivity contribution < 1.29 is 9.18 Å². The van der Waals surface area contributed by atoms with E-state index >= 15 is 0 Å². The summed E-state index contributed by atoms with van der Waals surface area (Å²) in [6, 6.07) is 10.5. The van der Waals surface area contributed by atoms with E-state index < -0.39 is 0 Å². The number of likely N-dealkylation sites (tertiary alicyclic amines) is 1. The van der Waals surface area contributed by atoms with Crippen LogP contribution in [0.25, 0.3) is 0 Å². The molecular formula is C21H25FN6O. The number of fused-ring (bicyclic) bond motifs is 1. The van der Waals surface area contributed by atoms with Crippen LogP contribution in [0.1, 0.15) is 36.2 Å². The first-order valence-electron chi connectivity index (χ1n) is 10.1. The minimum Gasteiger partial charge on any atom is -0.334 e. The van der Waals surface area contributed by atoms with E-state index in [1.54, 1.807) is 11.0 Å². The van der Waals surface area contributed by atoms with E-state index in [9.17, 15) is 9.18 Å². The second kappa shape index (κ2) is 8.62. The van der Waals surface area contributed by atoms with E-state index in [0.29, 0.717) is 18.8 Å². The highest BCUT2D eigenvalue weighted by Gasteiger charge is 2.25. The lowest BCUT2D eigenvalue weighted by Gasteiger charge is -2.34. The van der Waals surface area contributed by atoms with Gasteiger partial charge in [0.05, 0.1) is 12.2 Å². The third kappa shape index (κ3) is 4.74. The summed E-state index contributed by atoms with van der Waals surface area (Å²) in [6.45, 7) is 4.37. The molecule has 0 radical (unpaired) electrons. The van der Waals surface area contributed by atoms with Crippen LogP contribution in [0.5, 0.6) is 0 Å². The van der Waals surface area contributed by atoms with Gasteiger partial charge in [0.2, 0.25) is 0 Å². The zero-order valence-electron chi connectivity index (χ0n) is 16.4. The van der Waals surface area contributed by atoms with E-state index in [4.69, 9.17) is 5.26 Å². The molecule has 0 aliphatic carbocycles. The Kier molecular flexibility index (Phi) is 5.76.